The van der Waals surface area contributed by atoms with E-state index >= 15 is 0 Å². The number of rotatable bonds is 14. The number of aryl methyl sites for hydroxylation is 1. The number of aromatic nitrogens is 1. The first-order valence-electron chi connectivity index (χ1n) is 11.7. The molecular formula is C27H24Cl4N2O6. The van der Waals surface area contributed by atoms with E-state index in [1.54, 1.807) is 24.3 Å². The molecule has 1 aromatic heterocycles. The number of anilines is 2. The van der Waals surface area contributed by atoms with Gasteiger partial charge in [-0.05, 0) is 61.2 Å². The number of hydrogen-bond donors (Lipinski definition) is 3. The maximum absolute atomic E-state index is 11.4. The Morgan fingerprint density at radius 3 is 1.92 bits per heavy atom. The van der Waals surface area contributed by atoms with Gasteiger partial charge in [-0.2, -0.15) is 0 Å². The van der Waals surface area contributed by atoms with Crippen molar-refractivity contribution in [3.05, 3.63) is 86.0 Å². The summed E-state index contributed by atoms with van der Waals surface area (Å²) in [6.45, 7) is 0.666. The van der Waals surface area contributed by atoms with Crippen molar-refractivity contribution in [1.82, 2.24) is 4.98 Å². The van der Waals surface area contributed by atoms with Gasteiger partial charge in [0.25, 0.3) is 0 Å². The Morgan fingerprint density at radius 1 is 0.872 bits per heavy atom. The van der Waals surface area contributed by atoms with Crippen LogP contribution in [0.3, 0.4) is 0 Å². The number of ether oxygens (including phenoxy) is 2. The van der Waals surface area contributed by atoms with E-state index in [0.717, 1.165) is 5.56 Å². The monoisotopic (exact) mass is 612 g/mol. The summed E-state index contributed by atoms with van der Waals surface area (Å²) in [6, 6.07) is 9.43. The van der Waals surface area contributed by atoms with Gasteiger partial charge in [0, 0.05) is 18.3 Å². The van der Waals surface area contributed by atoms with Crippen LogP contribution in [0.15, 0.2) is 54.7 Å². The SMILES string of the molecule is O=C(O)CCc1cc(Cl)c(OCC/C=C/CCOc2c(Cl)cc(Nc3ncccc3C(=O)O)cc2Cl)c(Cl)c1. The average molecular weight is 614 g/mol. The number of carbonyl (C=O) groups is 2. The Bertz CT molecular complexity index is 1320. The van der Waals surface area contributed by atoms with Gasteiger partial charge in [0.05, 0.1) is 33.3 Å². The van der Waals surface area contributed by atoms with Crippen LogP contribution in [-0.2, 0) is 11.2 Å². The molecule has 8 nitrogen and oxygen atoms in total. The van der Waals surface area contributed by atoms with Crippen molar-refractivity contribution >= 4 is 69.8 Å². The third kappa shape index (κ3) is 9.21. The van der Waals surface area contributed by atoms with E-state index < -0.39 is 11.9 Å². The van der Waals surface area contributed by atoms with Crippen LogP contribution in [0.2, 0.25) is 20.1 Å². The van der Waals surface area contributed by atoms with E-state index in [0.29, 0.717) is 59.7 Å². The Morgan fingerprint density at radius 2 is 1.41 bits per heavy atom. The van der Waals surface area contributed by atoms with E-state index in [1.807, 2.05) is 12.2 Å². The fourth-order valence-corrected chi connectivity index (χ4v) is 4.66. The van der Waals surface area contributed by atoms with Gasteiger partial charge < -0.3 is 25.0 Å². The molecule has 0 unspecified atom stereocenters. The number of carboxylic acids is 2. The van der Waals surface area contributed by atoms with Crippen molar-refractivity contribution in [3.63, 3.8) is 0 Å². The van der Waals surface area contributed by atoms with Crippen LogP contribution in [0.25, 0.3) is 0 Å². The molecule has 0 radical (unpaired) electrons. The zero-order valence-corrected chi connectivity index (χ0v) is 23.4. The van der Waals surface area contributed by atoms with Crippen molar-refractivity contribution in [2.45, 2.75) is 25.7 Å². The second-order valence-corrected chi connectivity index (χ2v) is 9.76. The zero-order chi connectivity index (χ0) is 28.4. The van der Waals surface area contributed by atoms with Crippen molar-refractivity contribution < 1.29 is 29.3 Å². The Balaban J connectivity index is 1.45. The second kappa shape index (κ2) is 14.8. The van der Waals surface area contributed by atoms with Crippen LogP contribution in [-0.4, -0.2) is 40.3 Å². The average Bonchev–Trinajstić information content (AvgIpc) is 2.87. The van der Waals surface area contributed by atoms with Gasteiger partial charge in [0.1, 0.15) is 11.4 Å². The molecule has 3 aromatic rings. The number of hydrogen-bond acceptors (Lipinski definition) is 6. The van der Waals surface area contributed by atoms with Gasteiger partial charge in [-0.25, -0.2) is 9.78 Å². The van der Waals surface area contributed by atoms with Gasteiger partial charge in [0.2, 0.25) is 0 Å². The van der Waals surface area contributed by atoms with Crippen LogP contribution in [0, 0.1) is 0 Å². The number of carboxylic acid groups (broad SMARTS) is 2. The Labute approximate surface area is 245 Å². The smallest absolute Gasteiger partial charge is 0.339 e. The summed E-state index contributed by atoms with van der Waals surface area (Å²) < 4.78 is 11.4. The van der Waals surface area contributed by atoms with Crippen molar-refractivity contribution in [2.75, 3.05) is 18.5 Å². The first kappa shape index (κ1) is 30.4. The number of halogens is 4. The molecule has 12 heteroatoms. The van der Waals surface area contributed by atoms with Gasteiger partial charge in [0.15, 0.2) is 11.5 Å². The predicted octanol–water partition coefficient (Wildman–Crippen LogP) is 7.95. The van der Waals surface area contributed by atoms with E-state index in [9.17, 15) is 14.7 Å². The lowest BCUT2D eigenvalue weighted by Crippen LogP contribution is -2.04. The number of pyridine rings is 1. The second-order valence-electron chi connectivity index (χ2n) is 8.13. The molecule has 2 aromatic carbocycles. The van der Waals surface area contributed by atoms with Crippen molar-refractivity contribution in [2.24, 2.45) is 0 Å². The van der Waals surface area contributed by atoms with Gasteiger partial charge in [-0.3, -0.25) is 4.79 Å². The number of benzene rings is 2. The molecule has 0 spiro atoms. The molecule has 39 heavy (non-hydrogen) atoms. The van der Waals surface area contributed by atoms with Crippen LogP contribution in [0.4, 0.5) is 11.5 Å². The number of aromatic carboxylic acids is 1. The number of nitrogens with one attached hydrogen (secondary N) is 1. The van der Waals surface area contributed by atoms with Crippen LogP contribution < -0.4 is 14.8 Å². The standard InChI is InChI=1S/C27H24Cl4N2O6/c28-19-12-16(7-8-23(34)35)13-20(29)24(19)38-10-3-1-2-4-11-39-25-21(30)14-17(15-22(25)31)33-26-18(27(36)37)6-5-9-32-26/h1-2,5-6,9,12-15H,3-4,7-8,10-11H2,(H,32,33)(H,34,35)(H,36,37)/b2-1+. The van der Waals surface area contributed by atoms with E-state index in [-0.39, 0.29) is 27.8 Å². The summed E-state index contributed by atoms with van der Waals surface area (Å²) in [5.41, 5.74) is 1.21. The van der Waals surface area contributed by atoms with Crippen molar-refractivity contribution in [1.29, 1.82) is 0 Å². The molecule has 0 bridgehead atoms. The summed E-state index contributed by atoms with van der Waals surface area (Å²) in [7, 11) is 0. The minimum Gasteiger partial charge on any atom is -0.490 e. The lowest BCUT2D eigenvalue weighted by atomic mass is 10.1. The van der Waals surface area contributed by atoms with E-state index in [4.69, 9.17) is 61.0 Å². The molecule has 206 valence electrons. The molecule has 3 N–H and O–H groups in total. The molecular weight excluding hydrogens is 590 g/mol. The number of aliphatic carboxylic acids is 1. The molecule has 0 saturated heterocycles. The highest BCUT2D eigenvalue weighted by Gasteiger charge is 2.14. The molecule has 0 amide bonds. The largest absolute Gasteiger partial charge is 0.490 e. The first-order valence-corrected chi connectivity index (χ1v) is 13.2. The highest BCUT2D eigenvalue weighted by Crippen LogP contribution is 2.37. The summed E-state index contributed by atoms with van der Waals surface area (Å²) in [5, 5.41) is 22.2. The van der Waals surface area contributed by atoms with E-state index in [1.165, 1.54) is 18.3 Å². The van der Waals surface area contributed by atoms with Crippen LogP contribution >= 0.6 is 46.4 Å². The fraction of sp³-hybridized carbons (Fsp3) is 0.222. The Kier molecular flexibility index (Phi) is 11.6. The molecule has 0 atom stereocenters. The lowest BCUT2D eigenvalue weighted by molar-refractivity contribution is -0.136. The third-order valence-electron chi connectivity index (χ3n) is 5.21. The highest BCUT2D eigenvalue weighted by molar-refractivity contribution is 6.38. The summed E-state index contributed by atoms with van der Waals surface area (Å²) in [4.78, 5) is 26.2. The summed E-state index contributed by atoms with van der Waals surface area (Å²) in [6.07, 6.45) is 6.83. The van der Waals surface area contributed by atoms with Gasteiger partial charge in [-0.1, -0.05) is 58.6 Å². The predicted molar refractivity (Wildman–Crippen MR) is 153 cm³/mol. The summed E-state index contributed by atoms with van der Waals surface area (Å²) >= 11 is 25.2. The molecule has 0 aliphatic rings. The maximum atomic E-state index is 11.4. The number of nitrogens with zero attached hydrogens (tertiary/aromatic N) is 1. The Hall–Kier alpha value is -3.17. The molecule has 0 saturated carbocycles. The van der Waals surface area contributed by atoms with Crippen molar-refractivity contribution in [3.8, 4) is 11.5 Å². The van der Waals surface area contributed by atoms with Crippen LogP contribution in [0.5, 0.6) is 11.5 Å². The highest BCUT2D eigenvalue weighted by atomic mass is 35.5. The fourth-order valence-electron chi connectivity index (χ4n) is 3.42. The van der Waals surface area contributed by atoms with Gasteiger partial charge in [-0.15, -0.1) is 0 Å². The normalized spacial score (nSPS) is 11.0. The molecule has 1 heterocycles. The molecule has 0 aliphatic carbocycles. The summed E-state index contributed by atoms with van der Waals surface area (Å²) in [5.74, 6) is -1.17. The quantitative estimate of drug-likeness (QED) is 0.124. The van der Waals surface area contributed by atoms with E-state index in [2.05, 4.69) is 10.3 Å². The molecule has 0 fully saturated rings. The third-order valence-corrected chi connectivity index (χ3v) is 6.34. The minimum absolute atomic E-state index is 0.0103. The minimum atomic E-state index is -1.11. The molecule has 0 aliphatic heterocycles. The van der Waals surface area contributed by atoms with Crippen LogP contribution in [0.1, 0.15) is 35.2 Å². The molecule has 3 rings (SSSR count). The topological polar surface area (TPSA) is 118 Å². The lowest BCUT2D eigenvalue weighted by Gasteiger charge is -2.13. The zero-order valence-electron chi connectivity index (χ0n) is 20.4. The maximum Gasteiger partial charge on any atom is 0.339 e. The first-order chi connectivity index (χ1) is 18.7. The van der Waals surface area contributed by atoms with Gasteiger partial charge >= 0.3 is 11.9 Å².